The van der Waals surface area contributed by atoms with Gasteiger partial charge in [0.05, 0.1) is 6.04 Å². The molecule has 1 aromatic rings. The van der Waals surface area contributed by atoms with E-state index in [0.717, 1.165) is 45.4 Å². The summed E-state index contributed by atoms with van der Waals surface area (Å²) in [6.45, 7) is 6.61. The van der Waals surface area contributed by atoms with E-state index in [2.05, 4.69) is 46.7 Å². The van der Waals surface area contributed by atoms with Crippen molar-refractivity contribution >= 4 is 30.7 Å². The highest BCUT2D eigenvalue weighted by Crippen LogP contribution is 2.20. The summed E-state index contributed by atoms with van der Waals surface area (Å²) in [4.78, 5) is 14.6. The zero-order valence-electron chi connectivity index (χ0n) is 13.8. The molecule has 6 heteroatoms. The van der Waals surface area contributed by atoms with Gasteiger partial charge in [-0.05, 0) is 37.9 Å². The number of carbonyl (C=O) groups is 1. The summed E-state index contributed by atoms with van der Waals surface area (Å²) in [6.07, 6.45) is 3.21. The normalized spacial score (nSPS) is 17.2. The van der Waals surface area contributed by atoms with Gasteiger partial charge in [-0.1, -0.05) is 37.3 Å². The van der Waals surface area contributed by atoms with Gasteiger partial charge in [0.25, 0.3) is 0 Å². The highest BCUT2D eigenvalue weighted by Gasteiger charge is 2.30. The van der Waals surface area contributed by atoms with Crippen molar-refractivity contribution in [3.63, 3.8) is 0 Å². The first kappa shape index (κ1) is 22.2. The van der Waals surface area contributed by atoms with Crippen LogP contribution in [0, 0.1) is 0 Å². The first-order valence-corrected chi connectivity index (χ1v) is 8.07. The Bertz CT molecular complexity index is 431. The third-order valence-corrected chi connectivity index (χ3v) is 3.92. The van der Waals surface area contributed by atoms with Gasteiger partial charge in [-0.25, -0.2) is 0 Å². The van der Waals surface area contributed by atoms with Gasteiger partial charge in [0.15, 0.2) is 0 Å². The number of hydrogen-bond donors (Lipinski definition) is 2. The molecule has 1 saturated heterocycles. The summed E-state index contributed by atoms with van der Waals surface area (Å²) in [5.41, 5.74) is 1.28. The Morgan fingerprint density at radius 1 is 1.17 bits per heavy atom. The molecule has 0 bridgehead atoms. The molecule has 132 valence electrons. The molecule has 1 aromatic carbocycles. The maximum atomic E-state index is 12.3. The predicted molar refractivity (Wildman–Crippen MR) is 101 cm³/mol. The van der Waals surface area contributed by atoms with Crippen molar-refractivity contribution in [2.75, 3.05) is 26.2 Å². The molecular weight excluding hydrogens is 333 g/mol. The fraction of sp³-hybridized carbons (Fsp3) is 0.588. The first-order chi connectivity index (χ1) is 10.3. The van der Waals surface area contributed by atoms with Gasteiger partial charge in [0.1, 0.15) is 0 Å². The zero-order chi connectivity index (χ0) is 14.9. The predicted octanol–water partition coefficient (Wildman–Crippen LogP) is 2.61. The molecule has 1 atom stereocenters. The third kappa shape index (κ3) is 7.53. The second-order valence-corrected chi connectivity index (χ2v) is 5.66. The van der Waals surface area contributed by atoms with Crippen LogP contribution < -0.4 is 10.6 Å². The molecule has 1 aliphatic heterocycles. The molecule has 1 heterocycles. The summed E-state index contributed by atoms with van der Waals surface area (Å²) in [5.74, 6) is 0.182. The van der Waals surface area contributed by atoms with E-state index in [1.807, 2.05) is 6.07 Å². The van der Waals surface area contributed by atoms with Crippen LogP contribution >= 0.6 is 24.8 Å². The van der Waals surface area contributed by atoms with Crippen LogP contribution in [0.3, 0.4) is 0 Å². The lowest BCUT2D eigenvalue weighted by Gasteiger charge is -2.23. The van der Waals surface area contributed by atoms with Crippen LogP contribution in [0.2, 0.25) is 0 Å². The lowest BCUT2D eigenvalue weighted by Crippen LogP contribution is -2.44. The van der Waals surface area contributed by atoms with Crippen molar-refractivity contribution < 1.29 is 4.79 Å². The number of amides is 1. The molecule has 2 rings (SSSR count). The van der Waals surface area contributed by atoms with Crippen LogP contribution in [-0.2, 0) is 11.3 Å². The second-order valence-electron chi connectivity index (χ2n) is 5.66. The summed E-state index contributed by atoms with van der Waals surface area (Å²) in [5, 5.41) is 6.36. The molecule has 0 aliphatic carbocycles. The van der Waals surface area contributed by atoms with Crippen LogP contribution in [-0.4, -0.2) is 43.0 Å². The van der Waals surface area contributed by atoms with E-state index in [0.29, 0.717) is 6.54 Å². The summed E-state index contributed by atoms with van der Waals surface area (Å²) in [7, 11) is 0. The number of nitrogens with one attached hydrogen (secondary N) is 2. The van der Waals surface area contributed by atoms with E-state index in [1.54, 1.807) is 0 Å². The van der Waals surface area contributed by atoms with Crippen LogP contribution in [0.15, 0.2) is 30.3 Å². The molecular formula is C17H29Cl2N3O. The van der Waals surface area contributed by atoms with Crippen LogP contribution in [0.25, 0.3) is 0 Å². The maximum absolute atomic E-state index is 12.3. The number of rotatable bonds is 8. The molecule has 0 radical (unpaired) electrons. The molecule has 1 unspecified atom stereocenters. The molecule has 1 amide bonds. The topological polar surface area (TPSA) is 44.4 Å². The highest BCUT2D eigenvalue weighted by atomic mass is 35.5. The Morgan fingerprint density at radius 2 is 1.91 bits per heavy atom. The Morgan fingerprint density at radius 3 is 2.61 bits per heavy atom. The van der Waals surface area contributed by atoms with E-state index in [-0.39, 0.29) is 36.8 Å². The van der Waals surface area contributed by atoms with Crippen molar-refractivity contribution in [3.05, 3.63) is 35.9 Å². The minimum atomic E-state index is 0. The van der Waals surface area contributed by atoms with E-state index in [4.69, 9.17) is 0 Å². The standard InChI is InChI=1S/C17H27N3O.2ClH/c1-2-10-18-11-12-19-17(21)16-9-6-13-20(16)14-15-7-4-3-5-8-15;;/h3-5,7-8,16,18H,2,6,9-14H2,1H3,(H,19,21);2*1H. The number of nitrogens with zero attached hydrogens (tertiary/aromatic N) is 1. The van der Waals surface area contributed by atoms with Gasteiger partial charge in [-0.2, -0.15) is 0 Å². The fourth-order valence-corrected chi connectivity index (χ4v) is 2.82. The summed E-state index contributed by atoms with van der Waals surface area (Å²) in [6, 6.07) is 10.4. The van der Waals surface area contributed by atoms with Gasteiger partial charge in [0.2, 0.25) is 5.91 Å². The molecule has 1 fully saturated rings. The quantitative estimate of drug-likeness (QED) is 0.699. The van der Waals surface area contributed by atoms with Crippen LogP contribution in [0.1, 0.15) is 31.7 Å². The van der Waals surface area contributed by atoms with E-state index < -0.39 is 0 Å². The monoisotopic (exact) mass is 361 g/mol. The van der Waals surface area contributed by atoms with Crippen molar-refractivity contribution in [1.82, 2.24) is 15.5 Å². The van der Waals surface area contributed by atoms with Gasteiger partial charge < -0.3 is 10.6 Å². The second kappa shape index (κ2) is 12.6. The molecule has 2 N–H and O–H groups in total. The average Bonchev–Trinajstić information content (AvgIpc) is 2.96. The Balaban J connectivity index is 0.00000242. The Hall–Kier alpha value is -0.810. The van der Waals surface area contributed by atoms with Crippen molar-refractivity contribution in [2.24, 2.45) is 0 Å². The van der Waals surface area contributed by atoms with Gasteiger partial charge in [-0.3, -0.25) is 9.69 Å². The number of carbonyl (C=O) groups excluding carboxylic acids is 1. The third-order valence-electron chi connectivity index (χ3n) is 3.92. The number of likely N-dealkylation sites (tertiary alicyclic amines) is 1. The molecule has 0 saturated carbocycles. The zero-order valence-corrected chi connectivity index (χ0v) is 15.4. The van der Waals surface area contributed by atoms with Crippen LogP contribution in [0.5, 0.6) is 0 Å². The number of hydrogen-bond acceptors (Lipinski definition) is 3. The molecule has 4 nitrogen and oxygen atoms in total. The van der Waals surface area contributed by atoms with Crippen molar-refractivity contribution in [3.8, 4) is 0 Å². The SMILES string of the molecule is CCCNCCNC(=O)C1CCCN1Cc1ccccc1.Cl.Cl. The summed E-state index contributed by atoms with van der Waals surface area (Å²) < 4.78 is 0. The molecule has 0 aromatic heterocycles. The first-order valence-electron chi connectivity index (χ1n) is 8.07. The minimum Gasteiger partial charge on any atom is -0.353 e. The van der Waals surface area contributed by atoms with E-state index in [1.165, 1.54) is 5.56 Å². The minimum absolute atomic E-state index is 0. The molecule has 0 spiro atoms. The van der Waals surface area contributed by atoms with E-state index >= 15 is 0 Å². The average molecular weight is 362 g/mol. The van der Waals surface area contributed by atoms with Gasteiger partial charge in [-0.15, -0.1) is 24.8 Å². The smallest absolute Gasteiger partial charge is 0.237 e. The van der Waals surface area contributed by atoms with Crippen LogP contribution in [0.4, 0.5) is 0 Å². The highest BCUT2D eigenvalue weighted by molar-refractivity contribution is 5.85. The van der Waals surface area contributed by atoms with Gasteiger partial charge in [0, 0.05) is 19.6 Å². The number of benzene rings is 1. The summed E-state index contributed by atoms with van der Waals surface area (Å²) >= 11 is 0. The Labute approximate surface area is 152 Å². The maximum Gasteiger partial charge on any atom is 0.237 e. The van der Waals surface area contributed by atoms with E-state index in [9.17, 15) is 4.79 Å². The molecule has 23 heavy (non-hydrogen) atoms. The van der Waals surface area contributed by atoms with Crippen molar-refractivity contribution in [1.29, 1.82) is 0 Å². The number of halogens is 2. The Kier molecular flexibility index (Phi) is 12.1. The largest absolute Gasteiger partial charge is 0.353 e. The lowest BCUT2D eigenvalue weighted by molar-refractivity contribution is -0.125. The fourth-order valence-electron chi connectivity index (χ4n) is 2.82. The van der Waals surface area contributed by atoms with Gasteiger partial charge >= 0.3 is 0 Å². The van der Waals surface area contributed by atoms with Crippen molar-refractivity contribution in [2.45, 2.75) is 38.8 Å². The molecule has 1 aliphatic rings. The lowest BCUT2D eigenvalue weighted by atomic mass is 10.1.